The summed E-state index contributed by atoms with van der Waals surface area (Å²) in [6, 6.07) is 0.212. The SMILES string of the molecule is CC(C)Cn1ccnc1CNC1=NCC2CN(C(=O)OC(C)(C)C)CCN12.I. The molecule has 28 heavy (non-hydrogen) atoms. The standard InChI is InChI=1S/C19H32N6O2.HI/c1-14(2)12-23-7-6-20-16(23)11-22-17-21-10-15-13-24(8-9-25(15)17)18(26)27-19(3,4)5;/h6-7,14-15H,8-13H2,1-5H3,(H,21,22);1H. The minimum Gasteiger partial charge on any atom is -0.444 e. The summed E-state index contributed by atoms with van der Waals surface area (Å²) in [5, 5.41) is 3.44. The highest BCUT2D eigenvalue weighted by Gasteiger charge is 2.36. The second-order valence-electron chi connectivity index (χ2n) is 8.68. The quantitative estimate of drug-likeness (QED) is 0.639. The number of amides is 1. The average molecular weight is 504 g/mol. The van der Waals surface area contributed by atoms with E-state index in [9.17, 15) is 4.79 Å². The molecule has 1 unspecified atom stereocenters. The lowest BCUT2D eigenvalue weighted by atomic mass is 10.2. The maximum absolute atomic E-state index is 12.3. The third-order valence-corrected chi connectivity index (χ3v) is 4.63. The fourth-order valence-electron chi connectivity index (χ4n) is 3.45. The van der Waals surface area contributed by atoms with Crippen LogP contribution in [0.4, 0.5) is 4.79 Å². The van der Waals surface area contributed by atoms with Crippen molar-refractivity contribution in [3.05, 3.63) is 18.2 Å². The number of halogens is 1. The lowest BCUT2D eigenvalue weighted by Gasteiger charge is -2.39. The summed E-state index contributed by atoms with van der Waals surface area (Å²) in [7, 11) is 0. The minimum atomic E-state index is -0.467. The molecule has 3 rings (SSSR count). The van der Waals surface area contributed by atoms with Crippen LogP contribution in [0.3, 0.4) is 0 Å². The van der Waals surface area contributed by atoms with Gasteiger partial charge in [-0.15, -0.1) is 24.0 Å². The Morgan fingerprint density at radius 2 is 2.11 bits per heavy atom. The summed E-state index contributed by atoms with van der Waals surface area (Å²) < 4.78 is 7.68. The van der Waals surface area contributed by atoms with Gasteiger partial charge in [-0.3, -0.25) is 4.99 Å². The number of piperazine rings is 1. The molecule has 3 heterocycles. The van der Waals surface area contributed by atoms with E-state index >= 15 is 0 Å². The number of nitrogens with zero attached hydrogens (tertiary/aromatic N) is 5. The summed E-state index contributed by atoms with van der Waals surface area (Å²) in [6.45, 7) is 14.4. The number of guanidine groups is 1. The number of fused-ring (bicyclic) bond motifs is 1. The molecule has 1 saturated heterocycles. The van der Waals surface area contributed by atoms with Crippen molar-refractivity contribution < 1.29 is 9.53 Å². The van der Waals surface area contributed by atoms with Crippen molar-refractivity contribution >= 4 is 36.0 Å². The predicted octanol–water partition coefficient (Wildman–Crippen LogP) is 2.54. The maximum Gasteiger partial charge on any atom is 0.410 e. The van der Waals surface area contributed by atoms with E-state index in [0.29, 0.717) is 32.1 Å². The molecule has 158 valence electrons. The van der Waals surface area contributed by atoms with Gasteiger partial charge in [-0.05, 0) is 26.7 Å². The number of aromatic nitrogens is 2. The molecule has 9 heteroatoms. The molecule has 8 nitrogen and oxygen atoms in total. The Hall–Kier alpha value is -1.52. The first-order valence-electron chi connectivity index (χ1n) is 9.76. The van der Waals surface area contributed by atoms with E-state index in [-0.39, 0.29) is 36.1 Å². The molecule has 0 spiro atoms. The zero-order valence-corrected chi connectivity index (χ0v) is 19.8. The van der Waals surface area contributed by atoms with Crippen LogP contribution in [-0.4, -0.2) is 69.2 Å². The molecule has 0 saturated carbocycles. The smallest absolute Gasteiger partial charge is 0.410 e. The van der Waals surface area contributed by atoms with Crippen LogP contribution in [-0.2, 0) is 17.8 Å². The summed E-state index contributed by atoms with van der Waals surface area (Å²) in [5.41, 5.74) is -0.467. The molecule has 1 N–H and O–H groups in total. The Balaban J connectivity index is 0.00000280. The molecule has 2 aliphatic rings. The molecule has 1 amide bonds. The zero-order chi connectivity index (χ0) is 19.6. The Labute approximate surface area is 184 Å². The largest absolute Gasteiger partial charge is 0.444 e. The Kier molecular flexibility index (Phi) is 7.58. The Bertz CT molecular complexity index is 697. The molecule has 0 radical (unpaired) electrons. The topological polar surface area (TPSA) is 75.0 Å². The number of hydrogen-bond donors (Lipinski definition) is 1. The predicted molar refractivity (Wildman–Crippen MR) is 120 cm³/mol. The second kappa shape index (κ2) is 9.32. The van der Waals surface area contributed by atoms with Gasteiger partial charge in [0.25, 0.3) is 0 Å². The van der Waals surface area contributed by atoms with Crippen molar-refractivity contribution in [3.63, 3.8) is 0 Å². The molecule has 1 fully saturated rings. The number of aliphatic imine (C=N–C) groups is 1. The fourth-order valence-corrected chi connectivity index (χ4v) is 3.45. The molecule has 1 aromatic heterocycles. The fraction of sp³-hybridized carbons (Fsp3) is 0.737. The van der Waals surface area contributed by atoms with Gasteiger partial charge in [0, 0.05) is 38.6 Å². The van der Waals surface area contributed by atoms with Gasteiger partial charge in [-0.25, -0.2) is 9.78 Å². The van der Waals surface area contributed by atoms with Crippen LogP contribution < -0.4 is 5.32 Å². The van der Waals surface area contributed by atoms with Gasteiger partial charge in [0.15, 0.2) is 5.96 Å². The summed E-state index contributed by atoms with van der Waals surface area (Å²) in [4.78, 5) is 25.5. The number of carbonyl (C=O) groups excluding carboxylic acids is 1. The van der Waals surface area contributed by atoms with Gasteiger partial charge in [-0.2, -0.15) is 0 Å². The molecule has 1 aromatic rings. The lowest BCUT2D eigenvalue weighted by Crippen LogP contribution is -2.57. The van der Waals surface area contributed by atoms with Crippen LogP contribution in [0.2, 0.25) is 0 Å². The molecule has 0 aromatic carbocycles. The van der Waals surface area contributed by atoms with Crippen molar-refractivity contribution in [1.82, 2.24) is 24.7 Å². The second-order valence-corrected chi connectivity index (χ2v) is 8.68. The van der Waals surface area contributed by atoms with Gasteiger partial charge in [-0.1, -0.05) is 13.8 Å². The van der Waals surface area contributed by atoms with Gasteiger partial charge in [0.1, 0.15) is 11.4 Å². The van der Waals surface area contributed by atoms with E-state index in [4.69, 9.17) is 4.74 Å². The molecule has 1 atom stereocenters. The number of rotatable bonds is 4. The Morgan fingerprint density at radius 1 is 1.36 bits per heavy atom. The number of imidazole rings is 1. The summed E-state index contributed by atoms with van der Waals surface area (Å²) >= 11 is 0. The van der Waals surface area contributed by atoms with Crippen molar-refractivity contribution in [3.8, 4) is 0 Å². The third kappa shape index (κ3) is 5.74. The first-order valence-corrected chi connectivity index (χ1v) is 9.76. The number of hydrogen-bond acceptors (Lipinski definition) is 6. The highest BCUT2D eigenvalue weighted by Crippen LogP contribution is 2.18. The summed E-state index contributed by atoms with van der Waals surface area (Å²) in [5.74, 6) is 2.50. The summed E-state index contributed by atoms with van der Waals surface area (Å²) in [6.07, 6.45) is 3.63. The highest BCUT2D eigenvalue weighted by molar-refractivity contribution is 14.0. The van der Waals surface area contributed by atoms with E-state index in [1.807, 2.05) is 33.2 Å². The minimum absolute atomic E-state index is 0. The Morgan fingerprint density at radius 3 is 2.79 bits per heavy atom. The van der Waals surface area contributed by atoms with Crippen LogP contribution in [0.5, 0.6) is 0 Å². The first-order chi connectivity index (χ1) is 12.7. The van der Waals surface area contributed by atoms with Crippen LogP contribution in [0.1, 0.15) is 40.4 Å². The van der Waals surface area contributed by atoms with Crippen LogP contribution in [0.15, 0.2) is 17.4 Å². The van der Waals surface area contributed by atoms with Gasteiger partial charge in [0.05, 0.1) is 19.1 Å². The third-order valence-electron chi connectivity index (χ3n) is 4.63. The molecular formula is C19H33IN6O2. The zero-order valence-electron chi connectivity index (χ0n) is 17.5. The van der Waals surface area contributed by atoms with E-state index in [1.54, 1.807) is 4.90 Å². The molecule has 0 bridgehead atoms. The molecular weight excluding hydrogens is 471 g/mol. The normalized spacial score (nSPS) is 19.2. The average Bonchev–Trinajstić information content (AvgIpc) is 3.16. The van der Waals surface area contributed by atoms with E-state index in [0.717, 1.165) is 24.9 Å². The van der Waals surface area contributed by atoms with Crippen molar-refractivity contribution in [2.24, 2.45) is 10.9 Å². The van der Waals surface area contributed by atoms with Gasteiger partial charge >= 0.3 is 6.09 Å². The first kappa shape index (κ1) is 22.8. The van der Waals surface area contributed by atoms with Gasteiger partial charge < -0.3 is 24.4 Å². The lowest BCUT2D eigenvalue weighted by molar-refractivity contribution is 0.0137. The van der Waals surface area contributed by atoms with Crippen molar-refractivity contribution in [1.29, 1.82) is 0 Å². The van der Waals surface area contributed by atoms with E-state index in [2.05, 4.69) is 38.6 Å². The molecule has 2 aliphatic heterocycles. The van der Waals surface area contributed by atoms with E-state index < -0.39 is 5.60 Å². The number of carbonyl (C=O) groups is 1. The molecule has 0 aliphatic carbocycles. The monoisotopic (exact) mass is 504 g/mol. The number of nitrogens with one attached hydrogen (secondary N) is 1. The van der Waals surface area contributed by atoms with Crippen molar-refractivity contribution in [2.45, 2.75) is 59.4 Å². The van der Waals surface area contributed by atoms with E-state index in [1.165, 1.54) is 0 Å². The van der Waals surface area contributed by atoms with Crippen molar-refractivity contribution in [2.75, 3.05) is 26.2 Å². The van der Waals surface area contributed by atoms with Crippen LogP contribution in [0, 0.1) is 5.92 Å². The van der Waals surface area contributed by atoms with Crippen LogP contribution >= 0.6 is 24.0 Å². The number of ether oxygens (including phenoxy) is 1. The highest BCUT2D eigenvalue weighted by atomic mass is 127. The van der Waals surface area contributed by atoms with Gasteiger partial charge in [0.2, 0.25) is 0 Å². The van der Waals surface area contributed by atoms with Crippen LogP contribution in [0.25, 0.3) is 0 Å². The maximum atomic E-state index is 12.3.